The third-order valence-corrected chi connectivity index (χ3v) is 12.9. The van der Waals surface area contributed by atoms with E-state index >= 15 is 0 Å². The molecule has 430 valence electrons. The first-order chi connectivity index (χ1) is 37.5. The van der Waals surface area contributed by atoms with E-state index in [0.29, 0.717) is 19.3 Å². The first-order valence-corrected chi connectivity index (χ1v) is 31.2. The van der Waals surface area contributed by atoms with E-state index in [2.05, 4.69) is 154 Å². The summed E-state index contributed by atoms with van der Waals surface area (Å²) in [5.74, 6) is -0.922. The summed E-state index contributed by atoms with van der Waals surface area (Å²) < 4.78 is 16.7. The fraction of sp³-hybridized carbons (Fsp3) is 0.643. The molecule has 0 heterocycles. The van der Waals surface area contributed by atoms with Crippen molar-refractivity contribution in [3.63, 3.8) is 0 Å². The fourth-order valence-corrected chi connectivity index (χ4v) is 8.23. The standard InChI is InChI=1S/C70H114O6/c1-4-7-10-13-15-17-19-21-23-25-27-28-29-30-31-32-33-34-35-36-37-38-39-40-41-42-43-45-46-48-50-52-54-57-60-63-69(72)75-66-67(65-74-68(71)62-59-56-12-9-6-3)76-70(73)64-61-58-55-53-51-49-47-44-26-24-22-20-18-16-14-11-8-5-2/h7,10,15,17-18,20-21,23-24,26-28,30-31,33-34,36-37,39-40,42-43,67H,4-6,8-9,11-14,16,19,22,25,29,32,35,38,41,44-66H2,1-3H3/b10-7-,17-15-,20-18-,23-21-,26-24-,28-27-,31-30-,34-33-,37-36-,40-39-,43-42-. The molecular weight excluding hydrogens is 937 g/mol. The van der Waals surface area contributed by atoms with E-state index in [4.69, 9.17) is 14.2 Å². The average Bonchev–Trinajstić information content (AvgIpc) is 3.42. The summed E-state index contributed by atoms with van der Waals surface area (Å²) in [4.78, 5) is 37.9. The van der Waals surface area contributed by atoms with Gasteiger partial charge in [-0.05, 0) is 122 Å². The van der Waals surface area contributed by atoms with Crippen LogP contribution in [0.4, 0.5) is 0 Å². The molecule has 0 aromatic heterocycles. The summed E-state index contributed by atoms with van der Waals surface area (Å²) in [5, 5.41) is 0. The van der Waals surface area contributed by atoms with Gasteiger partial charge in [0.2, 0.25) is 0 Å². The van der Waals surface area contributed by atoms with Crippen LogP contribution in [-0.2, 0) is 28.6 Å². The van der Waals surface area contributed by atoms with E-state index in [1.54, 1.807) is 0 Å². The number of hydrogen-bond acceptors (Lipinski definition) is 6. The lowest BCUT2D eigenvalue weighted by Gasteiger charge is -2.18. The monoisotopic (exact) mass is 1050 g/mol. The van der Waals surface area contributed by atoms with Gasteiger partial charge in [0, 0.05) is 19.3 Å². The van der Waals surface area contributed by atoms with Crippen LogP contribution in [0, 0.1) is 0 Å². The maximum atomic E-state index is 12.8. The Bertz CT molecular complexity index is 1630. The number of esters is 3. The number of allylic oxidation sites excluding steroid dienone is 22. The predicted octanol–water partition coefficient (Wildman–Crippen LogP) is 21.4. The minimum absolute atomic E-state index is 0.0875. The van der Waals surface area contributed by atoms with Gasteiger partial charge in [-0.25, -0.2) is 0 Å². The fourth-order valence-electron chi connectivity index (χ4n) is 8.23. The Kier molecular flexibility index (Phi) is 59.4. The van der Waals surface area contributed by atoms with Crippen LogP contribution in [0.15, 0.2) is 134 Å². The molecule has 0 aromatic carbocycles. The Hall–Kier alpha value is -4.45. The van der Waals surface area contributed by atoms with Crippen molar-refractivity contribution < 1.29 is 28.6 Å². The smallest absolute Gasteiger partial charge is 0.306 e. The van der Waals surface area contributed by atoms with Crippen molar-refractivity contribution >= 4 is 17.9 Å². The second kappa shape index (κ2) is 63.1. The van der Waals surface area contributed by atoms with Crippen LogP contribution in [0.3, 0.4) is 0 Å². The number of ether oxygens (including phenoxy) is 3. The van der Waals surface area contributed by atoms with Crippen LogP contribution in [0.25, 0.3) is 0 Å². The predicted molar refractivity (Wildman–Crippen MR) is 329 cm³/mol. The molecular formula is C70H114O6. The van der Waals surface area contributed by atoms with Gasteiger partial charge in [-0.2, -0.15) is 0 Å². The molecule has 0 bridgehead atoms. The van der Waals surface area contributed by atoms with E-state index in [-0.39, 0.29) is 31.1 Å². The highest BCUT2D eigenvalue weighted by Gasteiger charge is 2.19. The molecule has 76 heavy (non-hydrogen) atoms. The summed E-state index contributed by atoms with van der Waals surface area (Å²) in [5.41, 5.74) is 0. The first kappa shape index (κ1) is 71.5. The summed E-state index contributed by atoms with van der Waals surface area (Å²) >= 11 is 0. The topological polar surface area (TPSA) is 78.9 Å². The second-order valence-electron chi connectivity index (χ2n) is 20.2. The van der Waals surface area contributed by atoms with Gasteiger partial charge in [0.15, 0.2) is 6.10 Å². The van der Waals surface area contributed by atoms with Crippen molar-refractivity contribution in [2.75, 3.05) is 13.2 Å². The van der Waals surface area contributed by atoms with Crippen molar-refractivity contribution in [2.24, 2.45) is 0 Å². The van der Waals surface area contributed by atoms with E-state index in [1.165, 1.54) is 89.9 Å². The molecule has 0 saturated carbocycles. The van der Waals surface area contributed by atoms with Crippen molar-refractivity contribution in [1.82, 2.24) is 0 Å². The molecule has 0 aliphatic heterocycles. The molecule has 0 amide bonds. The van der Waals surface area contributed by atoms with Gasteiger partial charge < -0.3 is 14.2 Å². The molecule has 0 saturated heterocycles. The van der Waals surface area contributed by atoms with Gasteiger partial charge in [0.25, 0.3) is 0 Å². The minimum atomic E-state index is -0.787. The molecule has 1 unspecified atom stereocenters. The number of hydrogen-bond donors (Lipinski definition) is 0. The number of carbonyl (C=O) groups excluding carboxylic acids is 3. The lowest BCUT2D eigenvalue weighted by atomic mass is 10.1. The normalized spacial score (nSPS) is 13.0. The van der Waals surface area contributed by atoms with Gasteiger partial charge in [0.05, 0.1) is 0 Å². The highest BCUT2D eigenvalue weighted by atomic mass is 16.6. The average molecular weight is 1050 g/mol. The zero-order valence-corrected chi connectivity index (χ0v) is 49.2. The molecule has 0 spiro atoms. The van der Waals surface area contributed by atoms with Crippen LogP contribution in [0.2, 0.25) is 0 Å². The zero-order chi connectivity index (χ0) is 55.0. The highest BCUT2D eigenvalue weighted by molar-refractivity contribution is 5.71. The molecule has 0 fully saturated rings. The van der Waals surface area contributed by atoms with E-state index in [1.807, 2.05) is 0 Å². The quantitative estimate of drug-likeness (QED) is 0.0261. The molecule has 6 nitrogen and oxygen atoms in total. The van der Waals surface area contributed by atoms with E-state index in [9.17, 15) is 14.4 Å². The largest absolute Gasteiger partial charge is 0.462 e. The van der Waals surface area contributed by atoms with Gasteiger partial charge in [-0.3, -0.25) is 14.4 Å². The third-order valence-electron chi connectivity index (χ3n) is 12.9. The van der Waals surface area contributed by atoms with Gasteiger partial charge in [-0.1, -0.05) is 264 Å². The molecule has 0 aromatic rings. The summed E-state index contributed by atoms with van der Waals surface area (Å²) in [6.07, 6.45) is 89.3. The zero-order valence-electron chi connectivity index (χ0n) is 49.2. The number of unbranched alkanes of at least 4 members (excludes halogenated alkanes) is 22. The van der Waals surface area contributed by atoms with Crippen molar-refractivity contribution in [2.45, 2.75) is 277 Å². The van der Waals surface area contributed by atoms with Crippen LogP contribution in [0.5, 0.6) is 0 Å². The molecule has 1 atom stereocenters. The van der Waals surface area contributed by atoms with Crippen LogP contribution >= 0.6 is 0 Å². The first-order valence-electron chi connectivity index (χ1n) is 31.2. The van der Waals surface area contributed by atoms with Crippen LogP contribution in [-0.4, -0.2) is 37.2 Å². The SMILES string of the molecule is CC/C=C\C/C=C\C/C=C\C/C=C\C/C=C\C/C=C\C/C=C\C/C=C\C/C=C\CCCCCCCCCC(=O)OCC(COC(=O)CCCCCCC)OC(=O)CCCCCCCCC/C=C\C/C=C\CCCCCC. The number of rotatable bonds is 55. The maximum Gasteiger partial charge on any atom is 0.306 e. The Morgan fingerprint density at radius 3 is 0.816 bits per heavy atom. The van der Waals surface area contributed by atoms with Gasteiger partial charge in [-0.15, -0.1) is 0 Å². The summed E-state index contributed by atoms with van der Waals surface area (Å²) in [6, 6.07) is 0. The Labute approximate surface area is 468 Å². The molecule has 6 heteroatoms. The van der Waals surface area contributed by atoms with Gasteiger partial charge >= 0.3 is 17.9 Å². The third kappa shape index (κ3) is 60.4. The molecule has 0 aliphatic rings. The minimum Gasteiger partial charge on any atom is -0.462 e. The van der Waals surface area contributed by atoms with Gasteiger partial charge in [0.1, 0.15) is 13.2 Å². The molecule has 0 N–H and O–H groups in total. The van der Waals surface area contributed by atoms with Crippen LogP contribution in [0.1, 0.15) is 271 Å². The Morgan fingerprint density at radius 1 is 0.276 bits per heavy atom. The summed E-state index contributed by atoms with van der Waals surface area (Å²) in [6.45, 7) is 6.41. The summed E-state index contributed by atoms with van der Waals surface area (Å²) in [7, 11) is 0. The Morgan fingerprint density at radius 2 is 0.513 bits per heavy atom. The number of carbonyl (C=O) groups is 3. The lowest BCUT2D eigenvalue weighted by molar-refractivity contribution is -0.167. The van der Waals surface area contributed by atoms with E-state index < -0.39 is 6.10 Å². The maximum absolute atomic E-state index is 12.8. The van der Waals surface area contributed by atoms with Crippen molar-refractivity contribution in [3.05, 3.63) is 134 Å². The van der Waals surface area contributed by atoms with Crippen molar-refractivity contribution in [3.8, 4) is 0 Å². The lowest BCUT2D eigenvalue weighted by Crippen LogP contribution is -2.30. The molecule has 0 radical (unpaired) electrons. The van der Waals surface area contributed by atoms with Crippen molar-refractivity contribution in [1.29, 1.82) is 0 Å². The molecule has 0 aliphatic carbocycles. The highest BCUT2D eigenvalue weighted by Crippen LogP contribution is 2.14. The van der Waals surface area contributed by atoms with Crippen LogP contribution < -0.4 is 0 Å². The second-order valence-corrected chi connectivity index (χ2v) is 20.2. The Balaban J connectivity index is 4.10. The molecule has 0 rings (SSSR count). The van der Waals surface area contributed by atoms with E-state index in [0.717, 1.165) is 141 Å².